The van der Waals surface area contributed by atoms with Crippen molar-refractivity contribution in [2.24, 2.45) is 0 Å². The van der Waals surface area contributed by atoms with Gasteiger partial charge in [-0.3, -0.25) is 9.59 Å². The van der Waals surface area contributed by atoms with E-state index < -0.39 is 0 Å². The fourth-order valence-electron chi connectivity index (χ4n) is 3.16. The second kappa shape index (κ2) is 8.52. The number of carbonyl (C=O) groups excluding carboxylic acids is 2. The second-order valence-corrected chi connectivity index (χ2v) is 6.33. The Bertz CT molecular complexity index is 1010. The van der Waals surface area contributed by atoms with Crippen LogP contribution in [0.5, 0.6) is 0 Å². The Kier molecular flexibility index (Phi) is 5.89. The first-order chi connectivity index (χ1) is 13.6. The average molecular weight is 376 g/mol. The van der Waals surface area contributed by atoms with Gasteiger partial charge in [-0.05, 0) is 37.4 Å². The summed E-state index contributed by atoms with van der Waals surface area (Å²) in [5, 5.41) is 7.59. The van der Waals surface area contributed by atoms with E-state index in [9.17, 15) is 9.59 Å². The SMILES string of the molecule is CCN(CC)C(=O)c1cnc(Nc2cccc(C(=O)NC)c2)c2ccccc12. The quantitative estimate of drug-likeness (QED) is 0.686. The third-order valence-electron chi connectivity index (χ3n) is 4.69. The highest BCUT2D eigenvalue weighted by Gasteiger charge is 2.17. The van der Waals surface area contributed by atoms with E-state index in [4.69, 9.17) is 0 Å². The van der Waals surface area contributed by atoms with Crippen LogP contribution in [0.2, 0.25) is 0 Å². The lowest BCUT2D eigenvalue weighted by molar-refractivity contribution is 0.0774. The molecule has 0 radical (unpaired) electrons. The summed E-state index contributed by atoms with van der Waals surface area (Å²) in [6, 6.07) is 14.9. The molecule has 1 aromatic heterocycles. The third-order valence-corrected chi connectivity index (χ3v) is 4.69. The van der Waals surface area contributed by atoms with E-state index >= 15 is 0 Å². The van der Waals surface area contributed by atoms with Crippen LogP contribution in [0.3, 0.4) is 0 Å². The van der Waals surface area contributed by atoms with E-state index in [1.54, 1.807) is 30.3 Å². The Morgan fingerprint density at radius 1 is 1.00 bits per heavy atom. The van der Waals surface area contributed by atoms with Gasteiger partial charge in [0.25, 0.3) is 11.8 Å². The Labute approximate surface area is 164 Å². The topological polar surface area (TPSA) is 74.3 Å². The van der Waals surface area contributed by atoms with E-state index in [2.05, 4.69) is 15.6 Å². The number of aromatic nitrogens is 1. The van der Waals surface area contributed by atoms with Crippen LogP contribution in [0.25, 0.3) is 10.8 Å². The maximum atomic E-state index is 12.9. The average Bonchev–Trinajstić information content (AvgIpc) is 2.74. The zero-order chi connectivity index (χ0) is 20.1. The maximum Gasteiger partial charge on any atom is 0.256 e. The first kappa shape index (κ1) is 19.4. The van der Waals surface area contributed by atoms with Crippen LogP contribution in [0.15, 0.2) is 54.7 Å². The Morgan fingerprint density at radius 2 is 1.71 bits per heavy atom. The van der Waals surface area contributed by atoms with Crippen molar-refractivity contribution < 1.29 is 9.59 Å². The van der Waals surface area contributed by atoms with Crippen molar-refractivity contribution in [1.29, 1.82) is 0 Å². The van der Waals surface area contributed by atoms with Crippen molar-refractivity contribution in [2.75, 3.05) is 25.5 Å². The highest BCUT2D eigenvalue weighted by atomic mass is 16.2. The number of benzene rings is 2. The van der Waals surface area contributed by atoms with Crippen molar-refractivity contribution in [3.8, 4) is 0 Å². The third kappa shape index (κ3) is 3.81. The number of amides is 2. The van der Waals surface area contributed by atoms with Crippen LogP contribution in [-0.4, -0.2) is 41.8 Å². The molecule has 28 heavy (non-hydrogen) atoms. The van der Waals surface area contributed by atoms with Gasteiger partial charge in [0, 0.05) is 43.0 Å². The van der Waals surface area contributed by atoms with E-state index in [1.807, 2.05) is 50.2 Å². The molecule has 0 fully saturated rings. The Balaban J connectivity index is 2.01. The van der Waals surface area contributed by atoms with Gasteiger partial charge in [0.1, 0.15) is 5.82 Å². The Hall–Kier alpha value is -3.41. The minimum Gasteiger partial charge on any atom is -0.355 e. The lowest BCUT2D eigenvalue weighted by Crippen LogP contribution is -2.30. The Morgan fingerprint density at radius 3 is 2.39 bits per heavy atom. The number of hydrogen-bond donors (Lipinski definition) is 2. The summed E-state index contributed by atoms with van der Waals surface area (Å²) in [5.41, 5.74) is 1.90. The van der Waals surface area contributed by atoms with Crippen molar-refractivity contribution in [2.45, 2.75) is 13.8 Å². The number of carbonyl (C=O) groups is 2. The monoisotopic (exact) mass is 376 g/mol. The molecular formula is C22H24N4O2. The molecular weight excluding hydrogens is 352 g/mol. The molecule has 2 aromatic carbocycles. The number of rotatable bonds is 6. The number of hydrogen-bond acceptors (Lipinski definition) is 4. The van der Waals surface area contributed by atoms with E-state index in [0.717, 1.165) is 16.5 Å². The molecule has 6 nitrogen and oxygen atoms in total. The molecule has 0 saturated carbocycles. The molecule has 0 unspecified atom stereocenters. The van der Waals surface area contributed by atoms with Crippen LogP contribution >= 0.6 is 0 Å². The van der Waals surface area contributed by atoms with Gasteiger partial charge in [0.05, 0.1) is 5.56 Å². The molecule has 0 aliphatic carbocycles. The number of nitrogens with zero attached hydrogens (tertiary/aromatic N) is 2. The van der Waals surface area contributed by atoms with Gasteiger partial charge >= 0.3 is 0 Å². The zero-order valence-electron chi connectivity index (χ0n) is 16.3. The number of pyridine rings is 1. The van der Waals surface area contributed by atoms with E-state index in [1.165, 1.54) is 0 Å². The van der Waals surface area contributed by atoms with Crippen LogP contribution in [0.4, 0.5) is 11.5 Å². The van der Waals surface area contributed by atoms with Crippen LogP contribution < -0.4 is 10.6 Å². The second-order valence-electron chi connectivity index (χ2n) is 6.33. The minimum absolute atomic E-state index is 0.0261. The largest absolute Gasteiger partial charge is 0.355 e. The molecule has 144 valence electrons. The maximum absolute atomic E-state index is 12.9. The zero-order valence-corrected chi connectivity index (χ0v) is 16.3. The normalized spacial score (nSPS) is 10.5. The van der Waals surface area contributed by atoms with Crippen molar-refractivity contribution in [3.63, 3.8) is 0 Å². The van der Waals surface area contributed by atoms with Crippen molar-refractivity contribution in [3.05, 3.63) is 65.9 Å². The molecule has 2 amide bonds. The van der Waals surface area contributed by atoms with Gasteiger partial charge in [-0.1, -0.05) is 30.3 Å². The van der Waals surface area contributed by atoms with Gasteiger partial charge in [-0.25, -0.2) is 4.98 Å². The number of nitrogens with one attached hydrogen (secondary N) is 2. The molecule has 2 N–H and O–H groups in total. The molecule has 6 heteroatoms. The van der Waals surface area contributed by atoms with Gasteiger partial charge in [-0.15, -0.1) is 0 Å². The summed E-state index contributed by atoms with van der Waals surface area (Å²) in [7, 11) is 1.60. The van der Waals surface area contributed by atoms with Crippen LogP contribution in [0, 0.1) is 0 Å². The van der Waals surface area contributed by atoms with Crippen molar-refractivity contribution >= 4 is 34.1 Å². The first-order valence-electron chi connectivity index (χ1n) is 9.35. The van der Waals surface area contributed by atoms with Crippen LogP contribution in [-0.2, 0) is 0 Å². The summed E-state index contributed by atoms with van der Waals surface area (Å²) in [5.74, 6) is 0.462. The molecule has 1 heterocycles. The first-order valence-corrected chi connectivity index (χ1v) is 9.35. The molecule has 0 bridgehead atoms. The molecule has 0 aliphatic heterocycles. The van der Waals surface area contributed by atoms with E-state index in [-0.39, 0.29) is 11.8 Å². The highest BCUT2D eigenvalue weighted by molar-refractivity contribution is 6.09. The molecule has 3 rings (SSSR count). The van der Waals surface area contributed by atoms with Gasteiger partial charge in [-0.2, -0.15) is 0 Å². The summed E-state index contributed by atoms with van der Waals surface area (Å²) in [4.78, 5) is 31.0. The number of anilines is 2. The molecule has 0 saturated heterocycles. The molecule has 0 aliphatic rings. The summed E-state index contributed by atoms with van der Waals surface area (Å²) < 4.78 is 0. The van der Waals surface area contributed by atoms with Gasteiger partial charge < -0.3 is 15.5 Å². The summed E-state index contributed by atoms with van der Waals surface area (Å²) in [6.45, 7) is 5.23. The summed E-state index contributed by atoms with van der Waals surface area (Å²) in [6.07, 6.45) is 1.62. The molecule has 0 atom stereocenters. The fourth-order valence-corrected chi connectivity index (χ4v) is 3.16. The predicted octanol–water partition coefficient (Wildman–Crippen LogP) is 3.82. The predicted molar refractivity (Wildman–Crippen MR) is 112 cm³/mol. The van der Waals surface area contributed by atoms with E-state index in [0.29, 0.717) is 30.0 Å². The van der Waals surface area contributed by atoms with Crippen LogP contribution in [0.1, 0.15) is 34.6 Å². The van der Waals surface area contributed by atoms with Gasteiger partial charge in [0.2, 0.25) is 0 Å². The van der Waals surface area contributed by atoms with Crippen molar-refractivity contribution in [1.82, 2.24) is 15.2 Å². The highest BCUT2D eigenvalue weighted by Crippen LogP contribution is 2.28. The number of fused-ring (bicyclic) bond motifs is 1. The van der Waals surface area contributed by atoms with Gasteiger partial charge in [0.15, 0.2) is 0 Å². The smallest absolute Gasteiger partial charge is 0.256 e. The lowest BCUT2D eigenvalue weighted by atomic mass is 10.1. The fraction of sp³-hybridized carbons (Fsp3) is 0.227. The summed E-state index contributed by atoms with van der Waals surface area (Å²) >= 11 is 0. The molecule has 0 spiro atoms. The standard InChI is InChI=1S/C22H24N4O2/c1-4-26(5-2)22(28)19-14-24-20(18-12-7-6-11-17(18)19)25-16-10-8-9-15(13-16)21(27)23-3/h6-14H,4-5H2,1-3H3,(H,23,27)(H,24,25). The molecule has 3 aromatic rings. The minimum atomic E-state index is -0.151. The lowest BCUT2D eigenvalue weighted by Gasteiger charge is -2.20.